The molecule has 15 heavy (non-hydrogen) atoms. The van der Waals surface area contributed by atoms with E-state index in [-0.39, 0.29) is 0 Å². The summed E-state index contributed by atoms with van der Waals surface area (Å²) in [7, 11) is 0. The Balaban J connectivity index is 2.03. The van der Waals surface area contributed by atoms with Crippen LogP contribution in [-0.4, -0.2) is 6.04 Å². The van der Waals surface area contributed by atoms with E-state index in [0.29, 0.717) is 11.5 Å². The molecule has 2 rings (SSSR count). The van der Waals surface area contributed by atoms with E-state index in [4.69, 9.17) is 12.2 Å². The number of terminal acetylenes is 1. The summed E-state index contributed by atoms with van der Waals surface area (Å²) in [6, 6.07) is 0.444. The first-order valence-electron chi connectivity index (χ1n) is 6.46. The van der Waals surface area contributed by atoms with E-state index in [0.717, 1.165) is 12.3 Å². The maximum atomic E-state index is 6.10. The summed E-state index contributed by atoms with van der Waals surface area (Å²) in [4.78, 5) is 0. The van der Waals surface area contributed by atoms with Crippen molar-refractivity contribution >= 4 is 0 Å². The van der Waals surface area contributed by atoms with Crippen LogP contribution in [0.2, 0.25) is 0 Å². The molecule has 2 fully saturated rings. The molecule has 0 radical (unpaired) electrons. The Morgan fingerprint density at radius 3 is 2.67 bits per heavy atom. The topological polar surface area (TPSA) is 26.0 Å². The summed E-state index contributed by atoms with van der Waals surface area (Å²) in [5.41, 5.74) is 6.74. The van der Waals surface area contributed by atoms with Crippen molar-refractivity contribution in [2.24, 2.45) is 17.1 Å². The van der Waals surface area contributed by atoms with Crippen LogP contribution in [0.25, 0.3) is 0 Å². The van der Waals surface area contributed by atoms with Crippen LogP contribution in [0.5, 0.6) is 0 Å². The van der Waals surface area contributed by atoms with Gasteiger partial charge in [-0.2, -0.15) is 0 Å². The molecule has 1 nitrogen and oxygen atoms in total. The van der Waals surface area contributed by atoms with Gasteiger partial charge >= 0.3 is 0 Å². The average molecular weight is 205 g/mol. The van der Waals surface area contributed by atoms with Gasteiger partial charge in [-0.1, -0.05) is 12.8 Å². The monoisotopic (exact) mass is 205 g/mol. The number of nitrogens with two attached hydrogens (primary N) is 1. The molecule has 2 aliphatic carbocycles. The minimum absolute atomic E-state index is 0.444. The quantitative estimate of drug-likeness (QED) is 0.689. The molecule has 2 atom stereocenters. The molecule has 0 aromatic carbocycles. The van der Waals surface area contributed by atoms with E-state index < -0.39 is 0 Å². The second-order valence-electron chi connectivity index (χ2n) is 5.54. The van der Waals surface area contributed by atoms with Gasteiger partial charge in [-0.15, -0.1) is 12.3 Å². The fraction of sp³-hybridized carbons (Fsp3) is 0.857. The summed E-state index contributed by atoms with van der Waals surface area (Å²) < 4.78 is 0. The van der Waals surface area contributed by atoms with Gasteiger partial charge in [0.05, 0.1) is 0 Å². The van der Waals surface area contributed by atoms with Crippen LogP contribution in [0.4, 0.5) is 0 Å². The Hall–Kier alpha value is -0.480. The summed E-state index contributed by atoms with van der Waals surface area (Å²) in [5.74, 6) is 3.61. The first-order chi connectivity index (χ1) is 7.27. The van der Waals surface area contributed by atoms with Crippen molar-refractivity contribution in [1.29, 1.82) is 0 Å². The smallest absolute Gasteiger partial charge is 0.00889 e. The third-order valence-electron chi connectivity index (χ3n) is 4.70. The van der Waals surface area contributed by atoms with Crippen LogP contribution in [0.15, 0.2) is 0 Å². The van der Waals surface area contributed by atoms with Crippen molar-refractivity contribution in [1.82, 2.24) is 0 Å². The van der Waals surface area contributed by atoms with Crippen LogP contribution in [0.3, 0.4) is 0 Å². The van der Waals surface area contributed by atoms with E-state index in [9.17, 15) is 0 Å². The van der Waals surface area contributed by atoms with Gasteiger partial charge in [0, 0.05) is 12.5 Å². The second kappa shape index (κ2) is 4.58. The Morgan fingerprint density at radius 2 is 2.00 bits per heavy atom. The van der Waals surface area contributed by atoms with Gasteiger partial charge in [-0.25, -0.2) is 0 Å². The fourth-order valence-electron chi connectivity index (χ4n) is 3.83. The van der Waals surface area contributed by atoms with E-state index in [1.165, 1.54) is 51.4 Å². The molecule has 2 N–H and O–H groups in total. The van der Waals surface area contributed by atoms with Gasteiger partial charge in [0.2, 0.25) is 0 Å². The highest BCUT2D eigenvalue weighted by molar-refractivity contribution is 4.98. The third-order valence-corrected chi connectivity index (χ3v) is 4.70. The van der Waals surface area contributed by atoms with Gasteiger partial charge in [0.1, 0.15) is 0 Å². The van der Waals surface area contributed by atoms with Crippen LogP contribution < -0.4 is 5.73 Å². The molecule has 0 bridgehead atoms. The summed E-state index contributed by atoms with van der Waals surface area (Å²) in [6.07, 6.45) is 17.1. The van der Waals surface area contributed by atoms with E-state index in [2.05, 4.69) is 5.92 Å². The Labute approximate surface area is 93.8 Å². The molecule has 1 spiro atoms. The van der Waals surface area contributed by atoms with Crippen molar-refractivity contribution in [2.75, 3.05) is 0 Å². The summed E-state index contributed by atoms with van der Waals surface area (Å²) >= 11 is 0. The highest BCUT2D eigenvalue weighted by Gasteiger charge is 2.43. The third kappa shape index (κ3) is 2.21. The van der Waals surface area contributed by atoms with E-state index in [1.807, 2.05) is 0 Å². The standard InChI is InChI=1S/C14H23N/c1-2-3-6-12-11-13(15)7-10-14(12)8-4-5-9-14/h1,12-13H,3-11,15H2. The molecule has 0 amide bonds. The minimum atomic E-state index is 0.444. The van der Waals surface area contributed by atoms with Gasteiger partial charge in [0.25, 0.3) is 0 Å². The predicted octanol–water partition coefficient (Wildman–Crippen LogP) is 3.09. The maximum Gasteiger partial charge on any atom is 0.00889 e. The summed E-state index contributed by atoms with van der Waals surface area (Å²) in [6.45, 7) is 0. The number of hydrogen-bond acceptors (Lipinski definition) is 1. The molecule has 1 heteroatoms. The zero-order chi connectivity index (χ0) is 10.7. The molecule has 84 valence electrons. The van der Waals surface area contributed by atoms with Gasteiger partial charge < -0.3 is 5.73 Å². The zero-order valence-corrected chi connectivity index (χ0v) is 9.67. The first kappa shape index (κ1) is 11.0. The number of rotatable bonds is 2. The lowest BCUT2D eigenvalue weighted by atomic mass is 9.62. The van der Waals surface area contributed by atoms with Crippen LogP contribution in [-0.2, 0) is 0 Å². The predicted molar refractivity (Wildman–Crippen MR) is 64.3 cm³/mol. The van der Waals surface area contributed by atoms with Crippen LogP contribution in [0, 0.1) is 23.7 Å². The SMILES string of the molecule is C#CCCC1CC(N)CCC12CCCC2. The molecule has 2 unspecified atom stereocenters. The van der Waals surface area contributed by atoms with Gasteiger partial charge in [0.15, 0.2) is 0 Å². The highest BCUT2D eigenvalue weighted by atomic mass is 14.7. The highest BCUT2D eigenvalue weighted by Crippen LogP contribution is 2.53. The average Bonchev–Trinajstić information content (AvgIpc) is 2.70. The maximum absolute atomic E-state index is 6.10. The van der Waals surface area contributed by atoms with Crippen molar-refractivity contribution in [3.63, 3.8) is 0 Å². The van der Waals surface area contributed by atoms with E-state index >= 15 is 0 Å². The normalized spacial score (nSPS) is 34.1. The fourth-order valence-corrected chi connectivity index (χ4v) is 3.83. The lowest BCUT2D eigenvalue weighted by molar-refractivity contribution is 0.0837. The van der Waals surface area contributed by atoms with Gasteiger partial charge in [-0.05, 0) is 49.9 Å². The van der Waals surface area contributed by atoms with Crippen molar-refractivity contribution in [2.45, 2.75) is 63.8 Å². The molecular formula is C14H23N. The Morgan fingerprint density at radius 1 is 1.27 bits per heavy atom. The van der Waals surface area contributed by atoms with Crippen molar-refractivity contribution < 1.29 is 0 Å². The Kier molecular flexibility index (Phi) is 3.36. The zero-order valence-electron chi connectivity index (χ0n) is 9.67. The molecule has 2 saturated carbocycles. The van der Waals surface area contributed by atoms with Crippen molar-refractivity contribution in [3.05, 3.63) is 0 Å². The van der Waals surface area contributed by atoms with E-state index in [1.54, 1.807) is 0 Å². The first-order valence-corrected chi connectivity index (χ1v) is 6.46. The minimum Gasteiger partial charge on any atom is -0.328 e. The lowest BCUT2D eigenvalue weighted by Crippen LogP contribution is -2.40. The van der Waals surface area contributed by atoms with Crippen molar-refractivity contribution in [3.8, 4) is 12.3 Å². The molecule has 0 aromatic rings. The molecule has 0 aromatic heterocycles. The molecule has 2 aliphatic rings. The molecular weight excluding hydrogens is 182 g/mol. The lowest BCUT2D eigenvalue weighted by Gasteiger charge is -2.44. The largest absolute Gasteiger partial charge is 0.328 e. The molecule has 0 heterocycles. The van der Waals surface area contributed by atoms with Crippen LogP contribution >= 0.6 is 0 Å². The number of hydrogen-bond donors (Lipinski definition) is 1. The molecule has 0 saturated heterocycles. The van der Waals surface area contributed by atoms with Crippen LogP contribution in [0.1, 0.15) is 57.8 Å². The second-order valence-corrected chi connectivity index (χ2v) is 5.54. The summed E-state index contributed by atoms with van der Waals surface area (Å²) in [5, 5.41) is 0. The Bertz CT molecular complexity index is 245. The van der Waals surface area contributed by atoms with Gasteiger partial charge in [-0.3, -0.25) is 0 Å². The molecule has 0 aliphatic heterocycles.